The van der Waals surface area contributed by atoms with Gasteiger partial charge >= 0.3 is 0 Å². The van der Waals surface area contributed by atoms with Gasteiger partial charge in [-0.15, -0.1) is 0 Å². The van der Waals surface area contributed by atoms with Crippen molar-refractivity contribution in [2.75, 3.05) is 5.32 Å². The van der Waals surface area contributed by atoms with E-state index >= 15 is 0 Å². The Kier molecular flexibility index (Phi) is 4.76. The number of rotatable bonds is 3. The minimum atomic E-state index is -0.457. The molecule has 21 heavy (non-hydrogen) atoms. The Balaban J connectivity index is 2.22. The van der Waals surface area contributed by atoms with Crippen LogP contribution in [-0.2, 0) is 4.79 Å². The highest BCUT2D eigenvalue weighted by Crippen LogP contribution is 2.19. The summed E-state index contributed by atoms with van der Waals surface area (Å²) in [5, 5.41) is 12.3. The molecule has 0 saturated heterocycles. The number of carbonyl (C=O) groups is 1. The van der Waals surface area contributed by atoms with Crippen molar-refractivity contribution in [1.29, 1.82) is 5.26 Å². The third-order valence-corrected chi connectivity index (χ3v) is 3.22. The first-order valence-corrected chi connectivity index (χ1v) is 6.72. The van der Waals surface area contributed by atoms with Crippen LogP contribution < -0.4 is 5.32 Å². The van der Waals surface area contributed by atoms with Crippen molar-refractivity contribution >= 4 is 29.3 Å². The molecule has 4 heteroatoms. The molecule has 0 saturated carbocycles. The summed E-state index contributed by atoms with van der Waals surface area (Å²) in [5.41, 5.74) is 2.38. The van der Waals surface area contributed by atoms with Crippen molar-refractivity contribution in [1.82, 2.24) is 0 Å². The Morgan fingerprint density at radius 3 is 2.48 bits per heavy atom. The maximum atomic E-state index is 12.1. The highest BCUT2D eigenvalue weighted by atomic mass is 35.5. The predicted molar refractivity (Wildman–Crippen MR) is 84.9 cm³/mol. The third kappa shape index (κ3) is 3.95. The first-order chi connectivity index (χ1) is 10.1. The van der Waals surface area contributed by atoms with Gasteiger partial charge in [0, 0.05) is 10.7 Å². The molecule has 0 radical (unpaired) electrons. The predicted octanol–water partition coefficient (Wildman–Crippen LogP) is 4.19. The van der Waals surface area contributed by atoms with Crippen LogP contribution in [-0.4, -0.2) is 5.91 Å². The monoisotopic (exact) mass is 296 g/mol. The fourth-order valence-electron chi connectivity index (χ4n) is 1.73. The summed E-state index contributed by atoms with van der Waals surface area (Å²) in [6, 6.07) is 16.3. The zero-order valence-electron chi connectivity index (χ0n) is 11.4. The minimum absolute atomic E-state index is 0.00340. The number of hydrogen-bond acceptors (Lipinski definition) is 2. The smallest absolute Gasteiger partial charge is 0.266 e. The number of hydrogen-bond donors (Lipinski definition) is 1. The molecule has 1 amide bonds. The van der Waals surface area contributed by atoms with E-state index in [1.807, 2.05) is 25.1 Å². The molecule has 0 atom stereocenters. The van der Waals surface area contributed by atoms with Gasteiger partial charge in [-0.3, -0.25) is 4.79 Å². The van der Waals surface area contributed by atoms with Gasteiger partial charge in [0.15, 0.2) is 0 Å². The molecule has 0 aliphatic heterocycles. The Hall–Kier alpha value is -2.57. The van der Waals surface area contributed by atoms with Crippen LogP contribution in [0.4, 0.5) is 5.69 Å². The van der Waals surface area contributed by atoms with E-state index in [1.54, 1.807) is 36.4 Å². The van der Waals surface area contributed by atoms with E-state index in [2.05, 4.69) is 5.32 Å². The lowest BCUT2D eigenvalue weighted by Gasteiger charge is -2.05. The lowest BCUT2D eigenvalue weighted by Crippen LogP contribution is -2.13. The average molecular weight is 297 g/mol. The van der Waals surface area contributed by atoms with Crippen LogP contribution in [0.2, 0.25) is 5.02 Å². The van der Waals surface area contributed by atoms with Crippen LogP contribution >= 0.6 is 11.6 Å². The van der Waals surface area contributed by atoms with Crippen LogP contribution in [0.15, 0.2) is 54.1 Å². The van der Waals surface area contributed by atoms with Gasteiger partial charge in [0.25, 0.3) is 5.91 Å². The van der Waals surface area contributed by atoms with Gasteiger partial charge in [-0.05, 0) is 36.8 Å². The number of carbonyl (C=O) groups excluding carboxylic acids is 1. The summed E-state index contributed by atoms with van der Waals surface area (Å²) in [7, 11) is 0. The lowest BCUT2D eigenvalue weighted by atomic mass is 10.1. The van der Waals surface area contributed by atoms with Gasteiger partial charge in [-0.1, -0.05) is 47.5 Å². The molecule has 0 spiro atoms. The zero-order valence-corrected chi connectivity index (χ0v) is 12.2. The molecule has 2 aromatic carbocycles. The molecule has 0 unspecified atom stereocenters. The molecule has 0 fully saturated rings. The minimum Gasteiger partial charge on any atom is -0.321 e. The van der Waals surface area contributed by atoms with E-state index in [-0.39, 0.29) is 5.57 Å². The molecule has 3 nitrogen and oxygen atoms in total. The maximum absolute atomic E-state index is 12.1. The zero-order chi connectivity index (χ0) is 15.2. The topological polar surface area (TPSA) is 52.9 Å². The first-order valence-electron chi connectivity index (χ1n) is 6.34. The van der Waals surface area contributed by atoms with Crippen LogP contribution in [0.3, 0.4) is 0 Å². The van der Waals surface area contributed by atoms with Gasteiger partial charge in [0.2, 0.25) is 0 Å². The number of halogens is 1. The number of aryl methyl sites for hydroxylation is 1. The lowest BCUT2D eigenvalue weighted by molar-refractivity contribution is -0.112. The highest BCUT2D eigenvalue weighted by molar-refractivity contribution is 6.32. The first kappa shape index (κ1) is 14.8. The number of benzene rings is 2. The fraction of sp³-hybridized carbons (Fsp3) is 0.0588. The van der Waals surface area contributed by atoms with Crippen LogP contribution in [0.1, 0.15) is 11.1 Å². The average Bonchev–Trinajstić information content (AvgIpc) is 2.48. The summed E-state index contributed by atoms with van der Waals surface area (Å²) in [6.07, 6.45) is 1.48. The number of nitrogens with one attached hydrogen (secondary N) is 1. The van der Waals surface area contributed by atoms with Crippen LogP contribution in [0.25, 0.3) is 6.08 Å². The van der Waals surface area contributed by atoms with Crippen molar-refractivity contribution < 1.29 is 4.79 Å². The number of nitrogens with zero attached hydrogens (tertiary/aromatic N) is 1. The third-order valence-electron chi connectivity index (χ3n) is 2.88. The van der Waals surface area contributed by atoms with Crippen molar-refractivity contribution in [3.63, 3.8) is 0 Å². The SMILES string of the molecule is Cc1ccc(NC(=O)C(C#N)=Cc2ccccc2Cl)cc1. The summed E-state index contributed by atoms with van der Waals surface area (Å²) < 4.78 is 0. The highest BCUT2D eigenvalue weighted by Gasteiger charge is 2.10. The normalized spacial score (nSPS) is 10.8. The number of amides is 1. The van der Waals surface area contributed by atoms with Crippen molar-refractivity contribution in [3.05, 3.63) is 70.3 Å². The van der Waals surface area contributed by atoms with E-state index in [4.69, 9.17) is 16.9 Å². The molecular formula is C17H13ClN2O. The standard InChI is InChI=1S/C17H13ClN2O/c1-12-6-8-15(9-7-12)20-17(21)14(11-19)10-13-4-2-3-5-16(13)18/h2-10H,1H3,(H,20,21). The van der Waals surface area contributed by atoms with Gasteiger partial charge in [-0.2, -0.15) is 5.26 Å². The molecule has 0 aliphatic carbocycles. The molecule has 2 aromatic rings. The summed E-state index contributed by atoms with van der Waals surface area (Å²) in [4.78, 5) is 12.1. The molecule has 0 aliphatic rings. The summed E-state index contributed by atoms with van der Waals surface area (Å²) in [5.74, 6) is -0.457. The quantitative estimate of drug-likeness (QED) is 0.682. The molecule has 1 N–H and O–H groups in total. The number of nitriles is 1. The second-order valence-corrected chi connectivity index (χ2v) is 4.92. The Bertz CT molecular complexity index is 727. The molecule has 0 aromatic heterocycles. The Morgan fingerprint density at radius 2 is 1.86 bits per heavy atom. The van der Waals surface area contributed by atoms with E-state index < -0.39 is 5.91 Å². The molecule has 104 valence electrons. The van der Waals surface area contributed by atoms with Crippen molar-refractivity contribution in [2.24, 2.45) is 0 Å². The molecular weight excluding hydrogens is 284 g/mol. The summed E-state index contributed by atoms with van der Waals surface area (Å²) >= 11 is 6.02. The molecule has 0 bridgehead atoms. The number of anilines is 1. The second kappa shape index (κ2) is 6.74. The van der Waals surface area contributed by atoms with Crippen molar-refractivity contribution in [3.8, 4) is 6.07 Å². The molecule has 2 rings (SSSR count). The van der Waals surface area contributed by atoms with E-state index in [0.717, 1.165) is 5.56 Å². The second-order valence-electron chi connectivity index (χ2n) is 4.51. The maximum Gasteiger partial charge on any atom is 0.266 e. The van der Waals surface area contributed by atoms with E-state index in [9.17, 15) is 4.79 Å². The largest absolute Gasteiger partial charge is 0.321 e. The van der Waals surface area contributed by atoms with Gasteiger partial charge in [-0.25, -0.2) is 0 Å². The van der Waals surface area contributed by atoms with E-state index in [1.165, 1.54) is 6.08 Å². The van der Waals surface area contributed by atoms with Crippen molar-refractivity contribution in [2.45, 2.75) is 6.92 Å². The Morgan fingerprint density at radius 1 is 1.19 bits per heavy atom. The van der Waals surface area contributed by atoms with Gasteiger partial charge in [0.05, 0.1) is 0 Å². The van der Waals surface area contributed by atoms with Crippen LogP contribution in [0, 0.1) is 18.3 Å². The fourth-order valence-corrected chi connectivity index (χ4v) is 1.92. The van der Waals surface area contributed by atoms with Gasteiger partial charge in [0.1, 0.15) is 11.6 Å². The summed E-state index contributed by atoms with van der Waals surface area (Å²) in [6.45, 7) is 1.96. The Labute approximate surface area is 128 Å². The van der Waals surface area contributed by atoms with E-state index in [0.29, 0.717) is 16.3 Å². The molecule has 0 heterocycles. The van der Waals surface area contributed by atoms with Gasteiger partial charge < -0.3 is 5.32 Å². The van der Waals surface area contributed by atoms with Crippen LogP contribution in [0.5, 0.6) is 0 Å².